The topological polar surface area (TPSA) is 186 Å². The summed E-state index contributed by atoms with van der Waals surface area (Å²) in [5.41, 5.74) is 8.26. The maximum absolute atomic E-state index is 16.3. The molecule has 0 spiro atoms. The third-order valence-electron chi connectivity index (χ3n) is 11.9. The number of rotatable bonds is 9. The zero-order valence-electron chi connectivity index (χ0n) is 31.7. The van der Waals surface area contributed by atoms with E-state index in [9.17, 15) is 19.2 Å². The molecule has 7 heterocycles. The molecule has 9 rings (SSSR count). The standard InChI is InChI=1S/C41H44FN11O5/c42-31-23-50(25-14-17-49(18-15-25)28-21-51(22-28)27-8-11-32(44-20-27)39(55)47-33-12-13-35(54)48-40(33)56)19-16-34(31)53-38-36(37(43)45-24-46-38)52(41(53)57)26-6-9-30(10-7-26)58-29-4-2-1-3-5-29/h1-11,20,24-25,28,31,33-34H,12-19,21-23H2,(H,47,55)(H2,43,45,46)(H,48,54,56)/t31-,33+,34+/m0/s1. The lowest BCUT2D eigenvalue weighted by atomic mass is 9.95. The molecule has 4 aliphatic heterocycles. The quantitative estimate of drug-likeness (QED) is 0.186. The van der Waals surface area contributed by atoms with Crippen LogP contribution in [0.5, 0.6) is 11.5 Å². The predicted octanol–water partition coefficient (Wildman–Crippen LogP) is 2.82. The Labute approximate surface area is 332 Å². The minimum Gasteiger partial charge on any atom is -0.457 e. The Hall–Kier alpha value is -6.20. The number of nitrogens with one attached hydrogen (secondary N) is 2. The van der Waals surface area contributed by atoms with Gasteiger partial charge in [0.2, 0.25) is 11.8 Å². The zero-order valence-corrected chi connectivity index (χ0v) is 31.7. The molecule has 3 amide bonds. The van der Waals surface area contributed by atoms with Crippen LogP contribution >= 0.6 is 0 Å². The molecule has 3 aromatic heterocycles. The number of carbonyl (C=O) groups excluding carboxylic acids is 3. The number of likely N-dealkylation sites (tertiary alicyclic amines) is 2. The third-order valence-corrected chi connectivity index (χ3v) is 11.9. The number of nitrogens with two attached hydrogens (primary N) is 1. The Balaban J connectivity index is 0.787. The summed E-state index contributed by atoms with van der Waals surface area (Å²) in [4.78, 5) is 70.1. The van der Waals surface area contributed by atoms with Crippen molar-refractivity contribution in [3.8, 4) is 17.2 Å². The van der Waals surface area contributed by atoms with Crippen molar-refractivity contribution < 1.29 is 23.5 Å². The molecule has 58 heavy (non-hydrogen) atoms. The number of para-hydroxylation sites is 1. The molecule has 4 saturated heterocycles. The van der Waals surface area contributed by atoms with Crippen molar-refractivity contribution in [3.63, 3.8) is 0 Å². The zero-order chi connectivity index (χ0) is 39.9. The highest BCUT2D eigenvalue weighted by Gasteiger charge is 2.40. The third kappa shape index (κ3) is 7.26. The molecule has 4 aliphatic rings. The van der Waals surface area contributed by atoms with Crippen molar-refractivity contribution in [2.24, 2.45) is 0 Å². The Kier molecular flexibility index (Phi) is 10.1. The monoisotopic (exact) mass is 789 g/mol. The second-order valence-corrected chi connectivity index (χ2v) is 15.4. The van der Waals surface area contributed by atoms with E-state index in [-0.39, 0.29) is 42.8 Å². The van der Waals surface area contributed by atoms with Crippen LogP contribution in [0.25, 0.3) is 16.9 Å². The molecule has 3 atom stereocenters. The summed E-state index contributed by atoms with van der Waals surface area (Å²) < 4.78 is 25.2. The first-order chi connectivity index (χ1) is 28.2. The van der Waals surface area contributed by atoms with E-state index in [0.29, 0.717) is 47.4 Å². The van der Waals surface area contributed by atoms with Gasteiger partial charge in [0.05, 0.1) is 23.6 Å². The molecule has 0 aliphatic carbocycles. The maximum atomic E-state index is 16.3. The lowest BCUT2D eigenvalue weighted by molar-refractivity contribution is -0.134. The van der Waals surface area contributed by atoms with Gasteiger partial charge in [-0.15, -0.1) is 0 Å². The van der Waals surface area contributed by atoms with Gasteiger partial charge in [0.1, 0.15) is 41.3 Å². The first-order valence-electron chi connectivity index (χ1n) is 19.7. The fourth-order valence-electron chi connectivity index (χ4n) is 8.72. The van der Waals surface area contributed by atoms with Gasteiger partial charge in [0.15, 0.2) is 11.5 Å². The molecule has 300 valence electrons. The van der Waals surface area contributed by atoms with Gasteiger partial charge in [-0.25, -0.2) is 24.1 Å². The Bertz CT molecular complexity index is 2380. The average Bonchev–Trinajstić information content (AvgIpc) is 3.52. The van der Waals surface area contributed by atoms with Crippen LogP contribution in [-0.4, -0.2) is 115 Å². The van der Waals surface area contributed by atoms with Crippen LogP contribution in [0.4, 0.5) is 15.9 Å². The van der Waals surface area contributed by atoms with Crippen molar-refractivity contribution in [2.75, 3.05) is 49.9 Å². The van der Waals surface area contributed by atoms with Crippen LogP contribution in [0.15, 0.2) is 84.0 Å². The van der Waals surface area contributed by atoms with E-state index in [1.54, 1.807) is 36.5 Å². The molecule has 0 saturated carbocycles. The number of halogens is 1. The number of pyridine rings is 1. The highest BCUT2D eigenvalue weighted by molar-refractivity contribution is 6.03. The molecule has 5 aromatic rings. The molecular weight excluding hydrogens is 746 g/mol. The van der Waals surface area contributed by atoms with Gasteiger partial charge < -0.3 is 20.7 Å². The van der Waals surface area contributed by atoms with E-state index in [1.807, 2.05) is 36.4 Å². The number of alkyl halides is 1. The number of nitrogen functional groups attached to an aromatic ring is 1. The van der Waals surface area contributed by atoms with Crippen LogP contribution in [0.1, 0.15) is 48.6 Å². The summed E-state index contributed by atoms with van der Waals surface area (Å²) in [6.07, 6.45) is 4.46. The molecule has 17 heteroatoms. The van der Waals surface area contributed by atoms with E-state index in [4.69, 9.17) is 10.5 Å². The predicted molar refractivity (Wildman–Crippen MR) is 213 cm³/mol. The van der Waals surface area contributed by atoms with Crippen molar-refractivity contribution >= 4 is 40.4 Å². The van der Waals surface area contributed by atoms with Gasteiger partial charge in [-0.05, 0) is 74.2 Å². The van der Waals surface area contributed by atoms with Gasteiger partial charge >= 0.3 is 5.69 Å². The Morgan fingerprint density at radius 3 is 2.24 bits per heavy atom. The van der Waals surface area contributed by atoms with Gasteiger partial charge in [-0.2, -0.15) is 0 Å². The number of ether oxygens (including phenoxy) is 1. The number of hydrogen-bond acceptors (Lipinski definition) is 12. The lowest BCUT2D eigenvalue weighted by Crippen LogP contribution is -2.62. The molecule has 0 unspecified atom stereocenters. The van der Waals surface area contributed by atoms with Crippen LogP contribution in [0.3, 0.4) is 0 Å². The van der Waals surface area contributed by atoms with Gasteiger partial charge in [0.25, 0.3) is 5.91 Å². The number of anilines is 2. The number of fused-ring (bicyclic) bond motifs is 1. The number of benzene rings is 2. The van der Waals surface area contributed by atoms with Crippen LogP contribution in [-0.2, 0) is 9.59 Å². The fourth-order valence-corrected chi connectivity index (χ4v) is 8.72. The second-order valence-electron chi connectivity index (χ2n) is 15.4. The van der Waals surface area contributed by atoms with Gasteiger partial charge in [-0.3, -0.25) is 38.6 Å². The summed E-state index contributed by atoms with van der Waals surface area (Å²) >= 11 is 0. The van der Waals surface area contributed by atoms with Crippen LogP contribution < -0.4 is 31.7 Å². The number of aromatic nitrogens is 5. The van der Waals surface area contributed by atoms with Crippen LogP contribution in [0.2, 0.25) is 0 Å². The molecule has 4 fully saturated rings. The van der Waals surface area contributed by atoms with E-state index < -0.39 is 35.8 Å². The minimum atomic E-state index is -1.29. The number of imidazole rings is 1. The average molecular weight is 790 g/mol. The van der Waals surface area contributed by atoms with Crippen molar-refractivity contribution in [2.45, 2.75) is 62.4 Å². The van der Waals surface area contributed by atoms with E-state index in [1.165, 1.54) is 15.5 Å². The molecule has 4 N–H and O–H groups in total. The maximum Gasteiger partial charge on any atom is 0.335 e. The Morgan fingerprint density at radius 2 is 1.53 bits per heavy atom. The molecule has 0 bridgehead atoms. The molecular formula is C41H44FN11O5. The van der Waals surface area contributed by atoms with Gasteiger partial charge in [0, 0.05) is 57.8 Å². The lowest BCUT2D eigenvalue weighted by Gasteiger charge is -2.50. The van der Waals surface area contributed by atoms with Crippen molar-refractivity contribution in [1.29, 1.82) is 0 Å². The highest BCUT2D eigenvalue weighted by atomic mass is 19.1. The Morgan fingerprint density at radius 1 is 0.810 bits per heavy atom. The fraction of sp³-hybridized carbons (Fsp3) is 0.390. The largest absolute Gasteiger partial charge is 0.457 e. The molecule has 16 nitrogen and oxygen atoms in total. The number of nitrogens with zero attached hydrogens (tertiary/aromatic N) is 8. The normalized spacial score (nSPS) is 22.4. The number of piperidine rings is 3. The summed E-state index contributed by atoms with van der Waals surface area (Å²) in [5, 5.41) is 4.90. The van der Waals surface area contributed by atoms with Crippen LogP contribution in [0, 0.1) is 0 Å². The van der Waals surface area contributed by atoms with Crippen molar-refractivity contribution in [3.05, 3.63) is 95.4 Å². The first-order valence-corrected chi connectivity index (χ1v) is 19.7. The summed E-state index contributed by atoms with van der Waals surface area (Å²) in [6, 6.07) is 19.2. The molecule has 0 radical (unpaired) electrons. The minimum absolute atomic E-state index is 0.141. The summed E-state index contributed by atoms with van der Waals surface area (Å²) in [7, 11) is 0. The second kappa shape index (κ2) is 15.6. The smallest absolute Gasteiger partial charge is 0.335 e. The SMILES string of the molecule is Nc1ncnc2c1n(-c1ccc(Oc3ccccc3)cc1)c(=O)n2[C@@H]1CCN(C2CCN(C3CN(c4ccc(C(=O)N[C@@H]5CCC(=O)NC5=O)nc4)C3)CC2)C[C@@H]1F. The van der Waals surface area contributed by atoms with E-state index >= 15 is 4.39 Å². The number of hydrogen-bond donors (Lipinski definition) is 3. The van der Waals surface area contributed by atoms with Gasteiger partial charge in [-0.1, -0.05) is 18.2 Å². The number of amides is 3. The number of carbonyl (C=O) groups is 3. The molecule has 2 aromatic carbocycles. The summed E-state index contributed by atoms with van der Waals surface area (Å²) in [5.74, 6) is 0.142. The number of imide groups is 1. The van der Waals surface area contributed by atoms with E-state index in [0.717, 1.165) is 44.7 Å². The van der Waals surface area contributed by atoms with E-state index in [2.05, 4.69) is 40.3 Å². The summed E-state index contributed by atoms with van der Waals surface area (Å²) in [6.45, 7) is 4.40. The first kappa shape index (κ1) is 37.4. The highest BCUT2D eigenvalue weighted by Crippen LogP contribution is 2.33. The van der Waals surface area contributed by atoms with Crippen molar-refractivity contribution in [1.82, 2.24) is 44.5 Å².